The summed E-state index contributed by atoms with van der Waals surface area (Å²) in [6, 6.07) is 9.03. The van der Waals surface area contributed by atoms with Crippen LogP contribution < -0.4 is 10.5 Å². The first-order chi connectivity index (χ1) is 7.66. The van der Waals surface area contributed by atoms with Crippen molar-refractivity contribution in [2.45, 2.75) is 6.92 Å². The number of anilines is 1. The van der Waals surface area contributed by atoms with Crippen LogP contribution in [0.15, 0.2) is 36.5 Å². The molecule has 16 heavy (non-hydrogen) atoms. The number of ether oxygens (including phenoxy) is 1. The summed E-state index contributed by atoms with van der Waals surface area (Å²) in [7, 11) is 0. The maximum atomic E-state index is 5.88. The fraction of sp³-hybridized carbons (Fsp3) is 0.0833. The lowest BCUT2D eigenvalue weighted by Gasteiger charge is -2.08. The standard InChI is InChI=1S/C12H11ClN2O/c1-8-3-2-4-10(12(8)14)16-11-6-5-9(13)7-15-11/h2-7H,14H2,1H3. The van der Waals surface area contributed by atoms with E-state index in [0.29, 0.717) is 22.3 Å². The maximum Gasteiger partial charge on any atom is 0.219 e. The van der Waals surface area contributed by atoms with Gasteiger partial charge in [-0.1, -0.05) is 23.7 Å². The Morgan fingerprint density at radius 3 is 2.75 bits per heavy atom. The molecule has 82 valence electrons. The summed E-state index contributed by atoms with van der Waals surface area (Å²) in [6.45, 7) is 1.93. The number of rotatable bonds is 2. The van der Waals surface area contributed by atoms with Crippen LogP contribution in [-0.2, 0) is 0 Å². The van der Waals surface area contributed by atoms with E-state index >= 15 is 0 Å². The highest BCUT2D eigenvalue weighted by atomic mass is 35.5. The van der Waals surface area contributed by atoms with E-state index in [4.69, 9.17) is 22.1 Å². The van der Waals surface area contributed by atoms with E-state index in [2.05, 4.69) is 4.98 Å². The first-order valence-corrected chi connectivity index (χ1v) is 5.19. The number of hydrogen-bond acceptors (Lipinski definition) is 3. The van der Waals surface area contributed by atoms with Gasteiger partial charge in [-0.05, 0) is 24.6 Å². The van der Waals surface area contributed by atoms with Gasteiger partial charge in [-0.2, -0.15) is 0 Å². The number of para-hydroxylation sites is 1. The SMILES string of the molecule is Cc1cccc(Oc2ccc(Cl)cn2)c1N. The van der Waals surface area contributed by atoms with Crippen molar-refractivity contribution in [1.82, 2.24) is 4.98 Å². The molecular formula is C12H11ClN2O. The molecule has 0 atom stereocenters. The molecule has 2 N–H and O–H groups in total. The van der Waals surface area contributed by atoms with Crippen LogP contribution in [-0.4, -0.2) is 4.98 Å². The van der Waals surface area contributed by atoms with Crippen molar-refractivity contribution in [3.8, 4) is 11.6 Å². The monoisotopic (exact) mass is 234 g/mol. The van der Waals surface area contributed by atoms with Gasteiger partial charge in [0.15, 0.2) is 5.75 Å². The van der Waals surface area contributed by atoms with Crippen LogP contribution in [0.25, 0.3) is 0 Å². The molecule has 0 spiro atoms. The largest absolute Gasteiger partial charge is 0.437 e. The smallest absolute Gasteiger partial charge is 0.219 e. The summed E-state index contributed by atoms with van der Waals surface area (Å²) < 4.78 is 5.55. The predicted molar refractivity (Wildman–Crippen MR) is 64.9 cm³/mol. The Balaban J connectivity index is 2.27. The quantitative estimate of drug-likeness (QED) is 0.810. The van der Waals surface area contributed by atoms with Gasteiger partial charge in [0, 0.05) is 12.3 Å². The number of nitrogen functional groups attached to an aromatic ring is 1. The summed E-state index contributed by atoms with van der Waals surface area (Å²) >= 11 is 5.73. The van der Waals surface area contributed by atoms with Crippen molar-refractivity contribution in [2.24, 2.45) is 0 Å². The number of benzene rings is 1. The minimum absolute atomic E-state index is 0.474. The van der Waals surface area contributed by atoms with Crippen LogP contribution in [0.5, 0.6) is 11.6 Å². The topological polar surface area (TPSA) is 48.1 Å². The van der Waals surface area contributed by atoms with Crippen LogP contribution in [0.3, 0.4) is 0 Å². The minimum atomic E-state index is 0.474. The number of hydrogen-bond donors (Lipinski definition) is 1. The zero-order chi connectivity index (χ0) is 11.5. The molecule has 0 aliphatic carbocycles. The molecule has 0 saturated carbocycles. The fourth-order valence-corrected chi connectivity index (χ4v) is 1.39. The average Bonchev–Trinajstić information content (AvgIpc) is 2.28. The van der Waals surface area contributed by atoms with E-state index in [0.717, 1.165) is 5.56 Å². The van der Waals surface area contributed by atoms with Gasteiger partial charge in [-0.25, -0.2) is 4.98 Å². The van der Waals surface area contributed by atoms with E-state index in [9.17, 15) is 0 Å². The first kappa shape index (κ1) is 10.8. The third-order valence-corrected chi connectivity index (χ3v) is 2.42. The van der Waals surface area contributed by atoms with E-state index in [1.807, 2.05) is 19.1 Å². The molecule has 0 saturated heterocycles. The third-order valence-electron chi connectivity index (χ3n) is 2.20. The molecule has 0 bridgehead atoms. The Morgan fingerprint density at radius 2 is 2.06 bits per heavy atom. The molecule has 0 unspecified atom stereocenters. The Bertz CT molecular complexity index is 497. The summed E-state index contributed by atoms with van der Waals surface area (Å²) in [5, 5.41) is 0.574. The van der Waals surface area contributed by atoms with Crippen molar-refractivity contribution in [3.05, 3.63) is 47.1 Å². The summed E-state index contributed by atoms with van der Waals surface area (Å²) in [5.41, 5.74) is 7.48. The summed E-state index contributed by atoms with van der Waals surface area (Å²) in [4.78, 5) is 4.03. The lowest BCUT2D eigenvalue weighted by molar-refractivity contribution is 0.465. The average molecular weight is 235 g/mol. The molecule has 3 nitrogen and oxygen atoms in total. The number of aromatic nitrogens is 1. The van der Waals surface area contributed by atoms with E-state index in [1.165, 1.54) is 6.20 Å². The van der Waals surface area contributed by atoms with Gasteiger partial charge in [0.1, 0.15) is 0 Å². The van der Waals surface area contributed by atoms with Crippen LogP contribution in [0.1, 0.15) is 5.56 Å². The van der Waals surface area contributed by atoms with Gasteiger partial charge in [-0.3, -0.25) is 0 Å². The molecule has 1 aromatic heterocycles. The van der Waals surface area contributed by atoms with Crippen molar-refractivity contribution in [1.29, 1.82) is 0 Å². The second-order valence-corrected chi connectivity index (χ2v) is 3.84. The van der Waals surface area contributed by atoms with Gasteiger partial charge in [-0.15, -0.1) is 0 Å². The Hall–Kier alpha value is -1.74. The number of nitrogens with zero attached hydrogens (tertiary/aromatic N) is 1. The first-order valence-electron chi connectivity index (χ1n) is 4.81. The van der Waals surface area contributed by atoms with Crippen molar-refractivity contribution < 1.29 is 4.74 Å². The summed E-state index contributed by atoms with van der Waals surface area (Å²) in [6.07, 6.45) is 1.53. The molecule has 4 heteroatoms. The van der Waals surface area contributed by atoms with Gasteiger partial charge >= 0.3 is 0 Å². The number of pyridine rings is 1. The molecule has 0 fully saturated rings. The van der Waals surface area contributed by atoms with Gasteiger partial charge in [0.05, 0.1) is 10.7 Å². The highest BCUT2D eigenvalue weighted by Crippen LogP contribution is 2.28. The van der Waals surface area contributed by atoms with Gasteiger partial charge < -0.3 is 10.5 Å². The maximum absolute atomic E-state index is 5.88. The predicted octanol–water partition coefficient (Wildman–Crippen LogP) is 3.42. The molecule has 1 heterocycles. The molecule has 0 amide bonds. The van der Waals surface area contributed by atoms with E-state index in [1.54, 1.807) is 18.2 Å². The third kappa shape index (κ3) is 2.25. The number of nitrogens with two attached hydrogens (primary N) is 1. The molecule has 0 aliphatic heterocycles. The fourth-order valence-electron chi connectivity index (χ4n) is 1.28. The highest BCUT2D eigenvalue weighted by Gasteiger charge is 2.04. The van der Waals surface area contributed by atoms with Gasteiger partial charge in [0.25, 0.3) is 0 Å². The number of halogens is 1. The normalized spacial score (nSPS) is 10.1. The zero-order valence-corrected chi connectivity index (χ0v) is 9.53. The lowest BCUT2D eigenvalue weighted by atomic mass is 10.2. The van der Waals surface area contributed by atoms with Crippen molar-refractivity contribution in [3.63, 3.8) is 0 Å². The second-order valence-electron chi connectivity index (χ2n) is 3.40. The summed E-state index contributed by atoms with van der Waals surface area (Å²) in [5.74, 6) is 1.08. The van der Waals surface area contributed by atoms with E-state index < -0.39 is 0 Å². The molecular weight excluding hydrogens is 224 g/mol. The lowest BCUT2D eigenvalue weighted by Crippen LogP contribution is -1.95. The number of aryl methyl sites for hydroxylation is 1. The van der Waals surface area contributed by atoms with Gasteiger partial charge in [0.2, 0.25) is 5.88 Å². The molecule has 1 aromatic carbocycles. The van der Waals surface area contributed by atoms with Crippen LogP contribution in [0.2, 0.25) is 5.02 Å². The van der Waals surface area contributed by atoms with E-state index in [-0.39, 0.29) is 0 Å². The minimum Gasteiger partial charge on any atom is -0.437 e. The Kier molecular flexibility index (Phi) is 2.97. The highest BCUT2D eigenvalue weighted by molar-refractivity contribution is 6.30. The zero-order valence-electron chi connectivity index (χ0n) is 8.77. The molecule has 0 aliphatic rings. The molecule has 2 rings (SSSR count). The van der Waals surface area contributed by atoms with Crippen LogP contribution >= 0.6 is 11.6 Å². The van der Waals surface area contributed by atoms with Crippen LogP contribution in [0, 0.1) is 6.92 Å². The van der Waals surface area contributed by atoms with Crippen molar-refractivity contribution in [2.75, 3.05) is 5.73 Å². The van der Waals surface area contributed by atoms with Crippen molar-refractivity contribution >= 4 is 17.3 Å². The Labute approximate surface area is 98.8 Å². The molecule has 0 radical (unpaired) electrons. The van der Waals surface area contributed by atoms with Crippen LogP contribution in [0.4, 0.5) is 5.69 Å². The second kappa shape index (κ2) is 4.41. The molecule has 2 aromatic rings. The Morgan fingerprint density at radius 1 is 1.25 bits per heavy atom.